The van der Waals surface area contributed by atoms with Gasteiger partial charge < -0.3 is 4.74 Å². The highest BCUT2D eigenvalue weighted by atomic mass is 32.2. The van der Waals surface area contributed by atoms with Crippen LogP contribution in [-0.2, 0) is 11.3 Å². The van der Waals surface area contributed by atoms with Crippen molar-refractivity contribution in [1.82, 2.24) is 0 Å². The standard InChI is InChI=1S/C10H10O2S/c1-13-8-2-3-9-7(4-8)5-12-6-10(9)11/h2-4H,5-6H2,1H3. The molecule has 0 saturated carbocycles. The molecule has 0 radical (unpaired) electrons. The average Bonchev–Trinajstić information content (AvgIpc) is 2.18. The fraction of sp³-hybridized carbons (Fsp3) is 0.300. The van der Waals surface area contributed by atoms with E-state index in [2.05, 4.69) is 0 Å². The summed E-state index contributed by atoms with van der Waals surface area (Å²) in [4.78, 5) is 12.5. The Balaban J connectivity index is 2.45. The molecule has 3 heteroatoms. The van der Waals surface area contributed by atoms with Crippen LogP contribution in [0.1, 0.15) is 15.9 Å². The summed E-state index contributed by atoms with van der Waals surface area (Å²) in [6.07, 6.45) is 2.02. The first-order chi connectivity index (χ1) is 6.31. The monoisotopic (exact) mass is 194 g/mol. The molecule has 0 atom stereocenters. The minimum Gasteiger partial charge on any atom is -0.369 e. The maximum Gasteiger partial charge on any atom is 0.188 e. The van der Waals surface area contributed by atoms with Crippen LogP contribution in [0.15, 0.2) is 23.1 Å². The highest BCUT2D eigenvalue weighted by Crippen LogP contribution is 2.22. The van der Waals surface area contributed by atoms with E-state index >= 15 is 0 Å². The molecule has 0 saturated heterocycles. The lowest BCUT2D eigenvalue weighted by atomic mass is 10.0. The summed E-state index contributed by atoms with van der Waals surface area (Å²) in [6, 6.07) is 5.90. The quantitative estimate of drug-likeness (QED) is 0.640. The van der Waals surface area contributed by atoms with E-state index in [0.29, 0.717) is 6.61 Å². The molecule has 0 N–H and O–H groups in total. The second-order valence-electron chi connectivity index (χ2n) is 2.94. The van der Waals surface area contributed by atoms with E-state index < -0.39 is 0 Å². The molecule has 1 heterocycles. The zero-order valence-electron chi connectivity index (χ0n) is 7.37. The highest BCUT2D eigenvalue weighted by molar-refractivity contribution is 7.98. The number of Topliss-reactive ketones (excluding diaryl/α,β-unsaturated/α-hetero) is 1. The first-order valence-electron chi connectivity index (χ1n) is 4.09. The zero-order chi connectivity index (χ0) is 9.26. The molecule has 0 fully saturated rings. The molecule has 0 amide bonds. The van der Waals surface area contributed by atoms with Crippen molar-refractivity contribution < 1.29 is 9.53 Å². The number of benzene rings is 1. The average molecular weight is 194 g/mol. The van der Waals surface area contributed by atoms with Crippen molar-refractivity contribution in [2.75, 3.05) is 12.9 Å². The summed E-state index contributed by atoms with van der Waals surface area (Å²) in [5, 5.41) is 0. The van der Waals surface area contributed by atoms with E-state index in [1.807, 2.05) is 24.5 Å². The van der Waals surface area contributed by atoms with Crippen LogP contribution in [-0.4, -0.2) is 18.6 Å². The second kappa shape index (κ2) is 3.52. The van der Waals surface area contributed by atoms with E-state index in [1.54, 1.807) is 11.8 Å². The van der Waals surface area contributed by atoms with Crippen LogP contribution in [0.4, 0.5) is 0 Å². The molecule has 0 spiro atoms. The fourth-order valence-electron chi connectivity index (χ4n) is 1.42. The van der Waals surface area contributed by atoms with Crippen molar-refractivity contribution in [3.8, 4) is 0 Å². The largest absolute Gasteiger partial charge is 0.369 e. The third-order valence-electron chi connectivity index (χ3n) is 2.10. The SMILES string of the molecule is CSc1ccc2c(c1)COCC2=O. The number of ether oxygens (including phenoxy) is 1. The van der Waals surface area contributed by atoms with Gasteiger partial charge in [-0.15, -0.1) is 11.8 Å². The number of carbonyl (C=O) groups excluding carboxylic acids is 1. The summed E-state index contributed by atoms with van der Waals surface area (Å²) in [5.74, 6) is 0.0916. The molecule has 68 valence electrons. The van der Waals surface area contributed by atoms with Gasteiger partial charge in [-0.3, -0.25) is 4.79 Å². The summed E-state index contributed by atoms with van der Waals surface area (Å²) < 4.78 is 5.15. The molecule has 1 aromatic carbocycles. The van der Waals surface area contributed by atoms with Crippen molar-refractivity contribution in [2.45, 2.75) is 11.5 Å². The Bertz CT molecular complexity index is 347. The molecule has 0 bridgehead atoms. The Kier molecular flexibility index (Phi) is 2.38. The van der Waals surface area contributed by atoms with E-state index in [1.165, 1.54) is 4.90 Å². The maximum absolute atomic E-state index is 11.4. The summed E-state index contributed by atoms with van der Waals surface area (Å²) in [5.41, 5.74) is 1.84. The maximum atomic E-state index is 11.4. The van der Waals surface area contributed by atoms with Gasteiger partial charge in [-0.05, 0) is 30.0 Å². The molecule has 1 aliphatic rings. The van der Waals surface area contributed by atoms with Gasteiger partial charge in [-0.1, -0.05) is 0 Å². The van der Waals surface area contributed by atoms with Gasteiger partial charge in [0.15, 0.2) is 5.78 Å². The molecule has 2 nitrogen and oxygen atoms in total. The third kappa shape index (κ3) is 1.62. The van der Waals surface area contributed by atoms with Gasteiger partial charge in [0.05, 0.1) is 6.61 Å². The van der Waals surface area contributed by atoms with Crippen LogP contribution in [0, 0.1) is 0 Å². The van der Waals surface area contributed by atoms with Crippen molar-refractivity contribution in [3.63, 3.8) is 0 Å². The topological polar surface area (TPSA) is 26.3 Å². The van der Waals surface area contributed by atoms with Gasteiger partial charge in [0.1, 0.15) is 6.61 Å². The van der Waals surface area contributed by atoms with Crippen molar-refractivity contribution in [1.29, 1.82) is 0 Å². The Morgan fingerprint density at radius 2 is 2.23 bits per heavy atom. The predicted octanol–water partition coefficient (Wildman–Crippen LogP) is 2.12. The number of rotatable bonds is 1. The molecule has 0 aliphatic carbocycles. The Morgan fingerprint density at radius 1 is 1.38 bits per heavy atom. The highest BCUT2D eigenvalue weighted by Gasteiger charge is 2.17. The number of hydrogen-bond acceptors (Lipinski definition) is 3. The number of thioether (sulfide) groups is 1. The van der Waals surface area contributed by atoms with Crippen LogP contribution in [0.5, 0.6) is 0 Å². The first kappa shape index (κ1) is 8.78. The van der Waals surface area contributed by atoms with Gasteiger partial charge >= 0.3 is 0 Å². The van der Waals surface area contributed by atoms with Gasteiger partial charge in [0.2, 0.25) is 0 Å². The number of hydrogen-bond donors (Lipinski definition) is 0. The van der Waals surface area contributed by atoms with E-state index in [0.717, 1.165) is 11.1 Å². The number of carbonyl (C=O) groups is 1. The predicted molar refractivity (Wildman–Crippen MR) is 52.2 cm³/mol. The molecule has 2 rings (SSSR count). The Morgan fingerprint density at radius 3 is 3.00 bits per heavy atom. The van der Waals surface area contributed by atoms with Gasteiger partial charge in [-0.2, -0.15) is 0 Å². The summed E-state index contributed by atoms with van der Waals surface area (Å²) in [6.45, 7) is 0.793. The molecule has 13 heavy (non-hydrogen) atoms. The van der Waals surface area contributed by atoms with Crippen molar-refractivity contribution in [3.05, 3.63) is 29.3 Å². The zero-order valence-corrected chi connectivity index (χ0v) is 8.19. The van der Waals surface area contributed by atoms with Gasteiger partial charge in [0.25, 0.3) is 0 Å². The Labute approximate surface area is 81.3 Å². The molecule has 0 aromatic heterocycles. The molecule has 0 unspecified atom stereocenters. The number of ketones is 1. The van der Waals surface area contributed by atoms with E-state index in [-0.39, 0.29) is 12.4 Å². The number of fused-ring (bicyclic) bond motifs is 1. The fourth-order valence-corrected chi connectivity index (χ4v) is 1.88. The minimum atomic E-state index is 0.0916. The van der Waals surface area contributed by atoms with Crippen molar-refractivity contribution in [2.24, 2.45) is 0 Å². The van der Waals surface area contributed by atoms with Crippen LogP contribution in [0.2, 0.25) is 0 Å². The summed E-state index contributed by atoms with van der Waals surface area (Å²) >= 11 is 1.68. The lowest BCUT2D eigenvalue weighted by molar-refractivity contribution is 0.0665. The minimum absolute atomic E-state index is 0.0916. The summed E-state index contributed by atoms with van der Waals surface area (Å²) in [7, 11) is 0. The van der Waals surface area contributed by atoms with Crippen LogP contribution in [0.25, 0.3) is 0 Å². The Hall–Kier alpha value is -0.800. The first-order valence-corrected chi connectivity index (χ1v) is 5.31. The lowest BCUT2D eigenvalue weighted by Crippen LogP contribution is -2.17. The molecule has 1 aromatic rings. The molecule has 1 aliphatic heterocycles. The normalized spacial score (nSPS) is 15.6. The molecular formula is C10H10O2S. The van der Waals surface area contributed by atoms with Gasteiger partial charge in [-0.25, -0.2) is 0 Å². The lowest BCUT2D eigenvalue weighted by Gasteiger charge is -2.15. The third-order valence-corrected chi connectivity index (χ3v) is 2.83. The second-order valence-corrected chi connectivity index (χ2v) is 3.82. The van der Waals surface area contributed by atoms with Crippen molar-refractivity contribution >= 4 is 17.5 Å². The molecular weight excluding hydrogens is 184 g/mol. The van der Waals surface area contributed by atoms with Crippen LogP contribution < -0.4 is 0 Å². The van der Waals surface area contributed by atoms with E-state index in [9.17, 15) is 4.79 Å². The van der Waals surface area contributed by atoms with Crippen LogP contribution in [0.3, 0.4) is 0 Å². The van der Waals surface area contributed by atoms with E-state index in [4.69, 9.17) is 4.74 Å². The van der Waals surface area contributed by atoms with Gasteiger partial charge in [0, 0.05) is 10.5 Å². The smallest absolute Gasteiger partial charge is 0.188 e. The van der Waals surface area contributed by atoms with Crippen LogP contribution >= 0.6 is 11.8 Å².